The fraction of sp³-hybridized carbons (Fsp3) is 0.167. The lowest BCUT2D eigenvalue weighted by Gasteiger charge is -2.07. The molecule has 82 valence electrons. The van der Waals surface area contributed by atoms with Crippen LogP contribution in [0.15, 0.2) is 29.2 Å². The van der Waals surface area contributed by atoms with Crippen molar-refractivity contribution in [2.75, 3.05) is 0 Å². The van der Waals surface area contributed by atoms with Crippen LogP contribution in [-0.2, 0) is 4.79 Å². The maximum Gasteiger partial charge on any atom is 0.263 e. The molecule has 0 aliphatic carbocycles. The number of carbonyl (C=O) groups is 1. The fourth-order valence-corrected chi connectivity index (χ4v) is 2.76. The number of carbonyl (C=O) groups excluding carboxylic acids is 1. The first kappa shape index (κ1) is 11.4. The zero-order chi connectivity index (χ0) is 11.7. The van der Waals surface area contributed by atoms with E-state index in [2.05, 4.69) is 5.32 Å². The lowest BCUT2D eigenvalue weighted by Crippen LogP contribution is -2.18. The quantitative estimate of drug-likeness (QED) is 0.613. The van der Waals surface area contributed by atoms with Crippen molar-refractivity contribution in [3.05, 3.63) is 40.3 Å². The molecular formula is C12H11NOS2. The Morgan fingerprint density at radius 2 is 2.06 bits per heavy atom. The number of aryl methyl sites for hydroxylation is 1. The summed E-state index contributed by atoms with van der Waals surface area (Å²) >= 11 is 6.31. The first-order valence-corrected chi connectivity index (χ1v) is 6.12. The van der Waals surface area contributed by atoms with Crippen molar-refractivity contribution in [3.8, 4) is 0 Å². The standard InChI is InChI=1S/C12H11NOS2/c1-7-5-3-4-6-9(7)8(2)10-11(14)13-12(15)16-10/h3-6H,1-2H3,(H,13,14,15)/b10-8+. The summed E-state index contributed by atoms with van der Waals surface area (Å²) in [6.07, 6.45) is 0. The van der Waals surface area contributed by atoms with E-state index in [4.69, 9.17) is 12.2 Å². The number of benzene rings is 1. The zero-order valence-electron chi connectivity index (χ0n) is 9.03. The third-order valence-electron chi connectivity index (χ3n) is 2.51. The molecule has 0 radical (unpaired) electrons. The molecule has 1 heterocycles. The van der Waals surface area contributed by atoms with E-state index < -0.39 is 0 Å². The monoisotopic (exact) mass is 249 g/mol. The minimum Gasteiger partial charge on any atom is -0.307 e. The van der Waals surface area contributed by atoms with Crippen LogP contribution in [0.5, 0.6) is 0 Å². The van der Waals surface area contributed by atoms with Gasteiger partial charge in [0.25, 0.3) is 5.91 Å². The van der Waals surface area contributed by atoms with Crippen LogP contribution in [0.1, 0.15) is 18.1 Å². The molecule has 1 aromatic carbocycles. The first-order valence-electron chi connectivity index (χ1n) is 4.89. The molecule has 1 aliphatic rings. The second-order valence-electron chi connectivity index (χ2n) is 3.61. The number of amides is 1. The number of nitrogens with one attached hydrogen (secondary N) is 1. The molecule has 1 saturated heterocycles. The highest BCUT2D eigenvalue weighted by Crippen LogP contribution is 2.32. The molecule has 0 aromatic heterocycles. The van der Waals surface area contributed by atoms with Crippen LogP contribution in [0, 0.1) is 6.92 Å². The summed E-state index contributed by atoms with van der Waals surface area (Å²) < 4.78 is 0.535. The van der Waals surface area contributed by atoms with Crippen molar-refractivity contribution >= 4 is 39.8 Å². The number of allylic oxidation sites excluding steroid dienone is 1. The number of thiocarbonyl (C=S) groups is 1. The zero-order valence-corrected chi connectivity index (χ0v) is 10.7. The molecule has 0 atom stereocenters. The van der Waals surface area contributed by atoms with Crippen molar-refractivity contribution in [3.63, 3.8) is 0 Å². The van der Waals surface area contributed by atoms with Gasteiger partial charge in [-0.05, 0) is 30.5 Å². The molecule has 1 fully saturated rings. The van der Waals surface area contributed by atoms with Crippen LogP contribution >= 0.6 is 24.0 Å². The Balaban J connectivity index is 2.49. The molecule has 0 unspecified atom stereocenters. The molecule has 1 N–H and O–H groups in total. The van der Waals surface area contributed by atoms with Gasteiger partial charge in [-0.1, -0.05) is 48.2 Å². The molecular weight excluding hydrogens is 238 g/mol. The maximum absolute atomic E-state index is 11.6. The van der Waals surface area contributed by atoms with Gasteiger partial charge < -0.3 is 5.32 Å². The van der Waals surface area contributed by atoms with Gasteiger partial charge in [0.05, 0.1) is 4.91 Å². The van der Waals surface area contributed by atoms with E-state index in [1.807, 2.05) is 38.1 Å². The van der Waals surface area contributed by atoms with Gasteiger partial charge >= 0.3 is 0 Å². The van der Waals surface area contributed by atoms with E-state index in [9.17, 15) is 4.79 Å². The summed E-state index contributed by atoms with van der Waals surface area (Å²) in [5, 5.41) is 2.63. The van der Waals surface area contributed by atoms with Crippen LogP contribution in [0.3, 0.4) is 0 Å². The highest BCUT2D eigenvalue weighted by atomic mass is 32.2. The van der Waals surface area contributed by atoms with Crippen molar-refractivity contribution < 1.29 is 4.79 Å². The van der Waals surface area contributed by atoms with Gasteiger partial charge in [-0.3, -0.25) is 4.79 Å². The van der Waals surface area contributed by atoms with Crippen molar-refractivity contribution in [1.29, 1.82) is 0 Å². The molecule has 1 aromatic rings. The largest absolute Gasteiger partial charge is 0.307 e. The Morgan fingerprint density at radius 1 is 1.38 bits per heavy atom. The molecule has 16 heavy (non-hydrogen) atoms. The summed E-state index contributed by atoms with van der Waals surface area (Å²) in [6.45, 7) is 3.99. The van der Waals surface area contributed by atoms with E-state index in [-0.39, 0.29) is 5.91 Å². The Labute approximate surface area is 104 Å². The second kappa shape index (κ2) is 4.39. The van der Waals surface area contributed by atoms with Crippen LogP contribution in [-0.4, -0.2) is 10.2 Å². The lowest BCUT2D eigenvalue weighted by molar-refractivity contribution is -0.115. The normalized spacial score (nSPS) is 18.6. The Bertz CT molecular complexity index is 505. The summed E-state index contributed by atoms with van der Waals surface area (Å²) in [7, 11) is 0. The van der Waals surface area contributed by atoms with E-state index in [0.29, 0.717) is 9.23 Å². The van der Waals surface area contributed by atoms with E-state index in [1.54, 1.807) is 0 Å². The highest BCUT2D eigenvalue weighted by Gasteiger charge is 2.25. The number of thioether (sulfide) groups is 1. The van der Waals surface area contributed by atoms with E-state index >= 15 is 0 Å². The predicted molar refractivity (Wildman–Crippen MR) is 72.1 cm³/mol. The number of hydrogen-bond acceptors (Lipinski definition) is 3. The van der Waals surface area contributed by atoms with Crippen LogP contribution < -0.4 is 5.32 Å². The van der Waals surface area contributed by atoms with Gasteiger partial charge in [-0.2, -0.15) is 0 Å². The predicted octanol–water partition coefficient (Wildman–Crippen LogP) is 2.87. The average molecular weight is 249 g/mol. The summed E-state index contributed by atoms with van der Waals surface area (Å²) in [4.78, 5) is 12.3. The Morgan fingerprint density at radius 3 is 2.62 bits per heavy atom. The van der Waals surface area contributed by atoms with Crippen LogP contribution in [0.25, 0.3) is 5.57 Å². The second-order valence-corrected chi connectivity index (χ2v) is 5.30. The van der Waals surface area contributed by atoms with Crippen molar-refractivity contribution in [2.45, 2.75) is 13.8 Å². The lowest BCUT2D eigenvalue weighted by atomic mass is 10.0. The molecule has 1 aliphatic heterocycles. The van der Waals surface area contributed by atoms with E-state index in [1.165, 1.54) is 17.3 Å². The topological polar surface area (TPSA) is 29.1 Å². The highest BCUT2D eigenvalue weighted by molar-refractivity contribution is 8.26. The SMILES string of the molecule is C/C(=C1\SC(=S)NC1=O)c1ccccc1C. The Hall–Kier alpha value is -1.13. The van der Waals surface area contributed by atoms with Gasteiger partial charge in [-0.15, -0.1) is 0 Å². The van der Waals surface area contributed by atoms with Crippen molar-refractivity contribution in [1.82, 2.24) is 5.32 Å². The molecule has 2 nitrogen and oxygen atoms in total. The summed E-state index contributed by atoms with van der Waals surface area (Å²) in [5.41, 5.74) is 3.25. The van der Waals surface area contributed by atoms with E-state index in [0.717, 1.165) is 11.1 Å². The minimum atomic E-state index is -0.0873. The van der Waals surface area contributed by atoms with Crippen molar-refractivity contribution in [2.24, 2.45) is 0 Å². The smallest absolute Gasteiger partial charge is 0.263 e. The molecule has 2 rings (SSSR count). The number of hydrogen-bond donors (Lipinski definition) is 1. The molecule has 4 heteroatoms. The first-order chi connectivity index (χ1) is 7.59. The Kier molecular flexibility index (Phi) is 3.12. The van der Waals surface area contributed by atoms with Gasteiger partial charge in [0, 0.05) is 0 Å². The molecule has 0 bridgehead atoms. The maximum atomic E-state index is 11.6. The molecule has 0 saturated carbocycles. The fourth-order valence-electron chi connectivity index (χ4n) is 1.68. The van der Waals surface area contributed by atoms with Gasteiger partial charge in [0.1, 0.15) is 4.32 Å². The molecule has 0 spiro atoms. The van der Waals surface area contributed by atoms with Crippen LogP contribution in [0.2, 0.25) is 0 Å². The minimum absolute atomic E-state index is 0.0873. The third kappa shape index (κ3) is 2.03. The van der Waals surface area contributed by atoms with Gasteiger partial charge in [0.2, 0.25) is 0 Å². The molecule has 1 amide bonds. The van der Waals surface area contributed by atoms with Gasteiger partial charge in [0.15, 0.2) is 0 Å². The number of rotatable bonds is 1. The van der Waals surface area contributed by atoms with Gasteiger partial charge in [-0.25, -0.2) is 0 Å². The summed E-state index contributed by atoms with van der Waals surface area (Å²) in [5.74, 6) is -0.0873. The van der Waals surface area contributed by atoms with Crippen LogP contribution in [0.4, 0.5) is 0 Å². The average Bonchev–Trinajstić information content (AvgIpc) is 2.58. The summed E-state index contributed by atoms with van der Waals surface area (Å²) in [6, 6.07) is 8.02. The third-order valence-corrected chi connectivity index (χ3v) is 3.84.